The van der Waals surface area contributed by atoms with Gasteiger partial charge in [-0.05, 0) is 18.6 Å². The van der Waals surface area contributed by atoms with Crippen molar-refractivity contribution in [3.8, 4) is 0 Å². The van der Waals surface area contributed by atoms with Crippen LogP contribution >= 0.6 is 0 Å². The zero-order valence-corrected chi connectivity index (χ0v) is 11.3. The van der Waals surface area contributed by atoms with Gasteiger partial charge in [0.25, 0.3) is 0 Å². The maximum atomic E-state index is 4.58. The number of benzene rings is 1. The monoisotopic (exact) mass is 244 g/mol. The molecule has 1 heterocycles. The summed E-state index contributed by atoms with van der Waals surface area (Å²) in [6, 6.07) is 8.13. The molecule has 0 saturated carbocycles. The number of para-hydroxylation sites is 1. The summed E-state index contributed by atoms with van der Waals surface area (Å²) in [6.07, 6.45) is 2.36. The first-order valence-electron chi connectivity index (χ1n) is 6.42. The molecular weight excluding hydrogens is 224 g/mol. The Balaban J connectivity index is 2.46. The fourth-order valence-electron chi connectivity index (χ4n) is 1.96. The van der Waals surface area contributed by atoms with E-state index in [1.807, 2.05) is 25.2 Å². The van der Waals surface area contributed by atoms with Gasteiger partial charge >= 0.3 is 0 Å². The van der Waals surface area contributed by atoms with E-state index < -0.39 is 0 Å². The fraction of sp³-hybridized carbons (Fsp3) is 0.429. The smallest absolute Gasteiger partial charge is 0.224 e. The van der Waals surface area contributed by atoms with Crippen LogP contribution in [0.2, 0.25) is 0 Å². The van der Waals surface area contributed by atoms with E-state index in [0.717, 1.165) is 23.3 Å². The van der Waals surface area contributed by atoms with Gasteiger partial charge in [-0.15, -0.1) is 0 Å². The number of nitrogens with zero attached hydrogens (tertiary/aromatic N) is 3. The van der Waals surface area contributed by atoms with Crippen molar-refractivity contribution in [3.05, 3.63) is 24.3 Å². The molecule has 0 atom stereocenters. The van der Waals surface area contributed by atoms with Crippen molar-refractivity contribution in [2.24, 2.45) is 0 Å². The average molecular weight is 244 g/mol. The second kappa shape index (κ2) is 5.67. The number of hydrogen-bond donors (Lipinski definition) is 1. The van der Waals surface area contributed by atoms with Crippen molar-refractivity contribution in [2.75, 3.05) is 30.9 Å². The van der Waals surface area contributed by atoms with Crippen LogP contribution in [0.15, 0.2) is 24.3 Å². The molecule has 4 heteroatoms. The highest BCUT2D eigenvalue weighted by atomic mass is 15.2. The molecule has 1 aromatic carbocycles. The minimum Gasteiger partial charge on any atom is -0.359 e. The Morgan fingerprint density at radius 2 is 2.00 bits per heavy atom. The molecular formula is C14H20N4. The molecule has 0 radical (unpaired) electrons. The van der Waals surface area contributed by atoms with Crippen molar-refractivity contribution in [3.63, 3.8) is 0 Å². The van der Waals surface area contributed by atoms with E-state index in [-0.39, 0.29) is 0 Å². The van der Waals surface area contributed by atoms with Crippen LogP contribution < -0.4 is 10.2 Å². The van der Waals surface area contributed by atoms with E-state index in [9.17, 15) is 0 Å². The summed E-state index contributed by atoms with van der Waals surface area (Å²) >= 11 is 0. The summed E-state index contributed by atoms with van der Waals surface area (Å²) in [5, 5.41) is 4.13. The third kappa shape index (κ3) is 2.53. The Hall–Kier alpha value is -1.84. The Morgan fingerprint density at radius 3 is 2.72 bits per heavy atom. The Kier molecular flexibility index (Phi) is 3.97. The molecule has 0 aliphatic heterocycles. The normalized spacial score (nSPS) is 10.6. The van der Waals surface area contributed by atoms with Crippen LogP contribution in [0.25, 0.3) is 10.9 Å². The van der Waals surface area contributed by atoms with Crippen LogP contribution in [-0.4, -0.2) is 30.6 Å². The predicted octanol–water partition coefficient (Wildman–Crippen LogP) is 2.91. The SMILES string of the molecule is CCCCN(C)c1nc(NC)nc2ccccc12. The van der Waals surface area contributed by atoms with Crippen LogP contribution in [0.5, 0.6) is 0 Å². The lowest BCUT2D eigenvalue weighted by atomic mass is 10.2. The van der Waals surface area contributed by atoms with Crippen molar-refractivity contribution in [1.82, 2.24) is 9.97 Å². The molecule has 18 heavy (non-hydrogen) atoms. The zero-order valence-electron chi connectivity index (χ0n) is 11.3. The third-order valence-electron chi connectivity index (χ3n) is 3.02. The van der Waals surface area contributed by atoms with Gasteiger partial charge in [-0.3, -0.25) is 0 Å². The van der Waals surface area contributed by atoms with Gasteiger partial charge in [-0.2, -0.15) is 4.98 Å². The number of hydrogen-bond acceptors (Lipinski definition) is 4. The van der Waals surface area contributed by atoms with Gasteiger partial charge in [-0.25, -0.2) is 4.98 Å². The van der Waals surface area contributed by atoms with Crippen molar-refractivity contribution >= 4 is 22.7 Å². The van der Waals surface area contributed by atoms with E-state index in [2.05, 4.69) is 40.2 Å². The van der Waals surface area contributed by atoms with E-state index in [0.29, 0.717) is 5.95 Å². The first-order valence-corrected chi connectivity index (χ1v) is 6.42. The van der Waals surface area contributed by atoms with Gasteiger partial charge in [0.2, 0.25) is 5.95 Å². The van der Waals surface area contributed by atoms with Gasteiger partial charge in [0.05, 0.1) is 5.52 Å². The molecule has 0 unspecified atom stereocenters. The molecule has 0 bridgehead atoms. The second-order valence-corrected chi connectivity index (χ2v) is 4.41. The molecule has 4 nitrogen and oxygen atoms in total. The highest BCUT2D eigenvalue weighted by Gasteiger charge is 2.10. The van der Waals surface area contributed by atoms with E-state index in [4.69, 9.17) is 0 Å². The van der Waals surface area contributed by atoms with Crippen molar-refractivity contribution < 1.29 is 0 Å². The number of rotatable bonds is 5. The molecule has 1 N–H and O–H groups in total. The Labute approximate surface area is 108 Å². The summed E-state index contributed by atoms with van der Waals surface area (Å²) in [6.45, 7) is 3.21. The number of aromatic nitrogens is 2. The highest BCUT2D eigenvalue weighted by molar-refractivity contribution is 5.90. The van der Waals surface area contributed by atoms with Crippen LogP contribution in [0, 0.1) is 0 Å². The van der Waals surface area contributed by atoms with E-state index in [1.165, 1.54) is 12.8 Å². The Morgan fingerprint density at radius 1 is 1.22 bits per heavy atom. The van der Waals surface area contributed by atoms with Crippen LogP contribution in [0.4, 0.5) is 11.8 Å². The zero-order chi connectivity index (χ0) is 13.0. The lowest BCUT2D eigenvalue weighted by Gasteiger charge is -2.20. The minimum atomic E-state index is 0.673. The molecule has 1 aromatic heterocycles. The molecule has 2 rings (SSSR count). The summed E-state index contributed by atoms with van der Waals surface area (Å²) in [5.41, 5.74) is 0.982. The van der Waals surface area contributed by atoms with Gasteiger partial charge in [-0.1, -0.05) is 25.5 Å². The largest absolute Gasteiger partial charge is 0.359 e. The van der Waals surface area contributed by atoms with Crippen LogP contribution in [0.1, 0.15) is 19.8 Å². The number of anilines is 2. The lowest BCUT2D eigenvalue weighted by Crippen LogP contribution is -2.20. The first-order chi connectivity index (χ1) is 8.76. The molecule has 0 amide bonds. The average Bonchev–Trinajstić information content (AvgIpc) is 2.43. The van der Waals surface area contributed by atoms with Gasteiger partial charge in [0.1, 0.15) is 5.82 Å². The van der Waals surface area contributed by atoms with Crippen LogP contribution in [0.3, 0.4) is 0 Å². The third-order valence-corrected chi connectivity index (χ3v) is 3.02. The molecule has 0 aliphatic carbocycles. The first kappa shape index (κ1) is 12.6. The standard InChI is InChI=1S/C14H20N4/c1-4-5-10-18(3)13-11-8-6-7-9-12(11)16-14(15-2)17-13/h6-9H,4-5,10H2,1-3H3,(H,15,16,17). The van der Waals surface area contributed by atoms with E-state index >= 15 is 0 Å². The summed E-state index contributed by atoms with van der Waals surface area (Å²) in [4.78, 5) is 11.2. The number of unbranched alkanes of at least 4 members (excludes halogenated alkanes) is 1. The molecule has 96 valence electrons. The molecule has 0 saturated heterocycles. The van der Waals surface area contributed by atoms with Crippen LogP contribution in [-0.2, 0) is 0 Å². The summed E-state index contributed by atoms with van der Waals surface area (Å²) in [7, 11) is 3.93. The quantitative estimate of drug-likeness (QED) is 0.878. The second-order valence-electron chi connectivity index (χ2n) is 4.41. The topological polar surface area (TPSA) is 41.1 Å². The molecule has 0 aliphatic rings. The Bertz CT molecular complexity index is 524. The maximum absolute atomic E-state index is 4.58. The summed E-state index contributed by atoms with van der Waals surface area (Å²) < 4.78 is 0. The van der Waals surface area contributed by atoms with Crippen molar-refractivity contribution in [1.29, 1.82) is 0 Å². The van der Waals surface area contributed by atoms with Gasteiger partial charge in [0.15, 0.2) is 0 Å². The van der Waals surface area contributed by atoms with Gasteiger partial charge < -0.3 is 10.2 Å². The summed E-state index contributed by atoms with van der Waals surface area (Å²) in [5.74, 6) is 1.67. The van der Waals surface area contributed by atoms with Gasteiger partial charge in [0, 0.05) is 26.0 Å². The number of fused-ring (bicyclic) bond motifs is 1. The lowest BCUT2D eigenvalue weighted by molar-refractivity contribution is 0.761. The maximum Gasteiger partial charge on any atom is 0.224 e. The number of nitrogens with one attached hydrogen (secondary N) is 1. The predicted molar refractivity (Wildman–Crippen MR) is 77.3 cm³/mol. The molecule has 0 fully saturated rings. The van der Waals surface area contributed by atoms with E-state index in [1.54, 1.807) is 0 Å². The molecule has 0 spiro atoms. The molecule has 2 aromatic rings. The minimum absolute atomic E-state index is 0.673. The highest BCUT2D eigenvalue weighted by Crippen LogP contribution is 2.24. The fourth-order valence-corrected chi connectivity index (χ4v) is 1.96. The van der Waals surface area contributed by atoms with Crippen molar-refractivity contribution in [2.45, 2.75) is 19.8 Å².